The van der Waals surface area contributed by atoms with Crippen LogP contribution in [-0.2, 0) is 28.2 Å². The van der Waals surface area contributed by atoms with Crippen LogP contribution in [0.5, 0.6) is 0 Å². The molecule has 0 saturated heterocycles. The van der Waals surface area contributed by atoms with Crippen molar-refractivity contribution in [3.05, 3.63) is 18.7 Å². The lowest BCUT2D eigenvalue weighted by Gasteiger charge is -2.19. The van der Waals surface area contributed by atoms with Crippen LogP contribution in [0.4, 0.5) is 22.0 Å². The fourth-order valence-electron chi connectivity index (χ4n) is 1.57. The molecule has 1 aromatic rings. The third-order valence-corrected chi connectivity index (χ3v) is 3.33. The van der Waals surface area contributed by atoms with Gasteiger partial charge in [0, 0.05) is 6.42 Å². The molecule has 6 nitrogen and oxygen atoms in total. The van der Waals surface area contributed by atoms with Crippen LogP contribution in [0.25, 0.3) is 0 Å². The van der Waals surface area contributed by atoms with Gasteiger partial charge in [0.25, 0.3) is 0 Å². The molecule has 0 aliphatic carbocycles. The highest BCUT2D eigenvalue weighted by Gasteiger charge is 2.56. The Balaban J connectivity index is 0.000000496. The second-order valence-electron chi connectivity index (χ2n) is 5.21. The summed E-state index contributed by atoms with van der Waals surface area (Å²) in [4.78, 5) is 0. The molecule has 0 unspecified atom stereocenters. The molecule has 148 valence electrons. The van der Waals surface area contributed by atoms with Crippen LogP contribution in [-0.4, -0.2) is 36.2 Å². The predicted octanol–water partition coefficient (Wildman–Crippen LogP) is 2.55. The van der Waals surface area contributed by atoms with Crippen molar-refractivity contribution in [2.75, 3.05) is 6.61 Å². The summed E-state index contributed by atoms with van der Waals surface area (Å²) in [6.45, 7) is 2.36. The fourth-order valence-corrected chi connectivity index (χ4v) is 1.89. The second kappa shape index (κ2) is 10.0. The van der Waals surface area contributed by atoms with Crippen molar-refractivity contribution in [2.45, 2.75) is 51.3 Å². The number of nitrogens with zero attached hydrogens (tertiary/aromatic N) is 2. The third kappa shape index (κ3) is 11.1. The Morgan fingerprint density at radius 3 is 2.20 bits per heavy atom. The van der Waals surface area contributed by atoms with Crippen LogP contribution in [0, 0.1) is 0 Å². The van der Waals surface area contributed by atoms with Gasteiger partial charge in [0.05, 0.1) is 20.2 Å². The number of hydrogen-bond donors (Lipinski definition) is 0. The second-order valence-corrected chi connectivity index (χ2v) is 6.26. The lowest BCUT2D eigenvalue weighted by molar-refractivity contribution is -0.671. The van der Waals surface area contributed by atoms with Crippen LogP contribution < -0.4 is 4.57 Å². The van der Waals surface area contributed by atoms with Gasteiger partial charge in [-0.05, 0) is 12.8 Å². The van der Waals surface area contributed by atoms with E-state index in [1.54, 1.807) is 0 Å². The first-order chi connectivity index (χ1) is 11.3. The van der Waals surface area contributed by atoms with Gasteiger partial charge in [0.2, 0.25) is 16.7 Å². The van der Waals surface area contributed by atoms with Gasteiger partial charge in [-0.15, -0.1) is 0 Å². The Labute approximate surface area is 143 Å². The molecule has 0 aromatic carbocycles. The lowest BCUT2D eigenvalue weighted by atomic mass is 10.2. The SMILES string of the molecule is CCCCn1cc[n+](C)c1.O=S(=O)([O-])OCCCC(F)(F)C(F)(F)F. The third-order valence-electron chi connectivity index (χ3n) is 2.87. The van der Waals surface area contributed by atoms with Crippen molar-refractivity contribution in [1.82, 2.24) is 4.57 Å². The molecule has 0 radical (unpaired) electrons. The number of aryl methyl sites for hydroxylation is 2. The van der Waals surface area contributed by atoms with Gasteiger partial charge in [-0.2, -0.15) is 22.0 Å². The molecular formula is C13H21F5N2O4S. The molecule has 0 atom stereocenters. The van der Waals surface area contributed by atoms with E-state index in [-0.39, 0.29) is 0 Å². The van der Waals surface area contributed by atoms with E-state index in [0.29, 0.717) is 0 Å². The molecule has 0 spiro atoms. The molecule has 12 heteroatoms. The monoisotopic (exact) mass is 396 g/mol. The topological polar surface area (TPSA) is 75.2 Å². The van der Waals surface area contributed by atoms with E-state index in [2.05, 4.69) is 39.0 Å². The number of imidazole rings is 1. The standard InChI is InChI=1S/C8H15N2.C5H7F5O4S/c1-3-4-5-10-7-6-9(2)8-10;6-4(7,5(8,9)10)2-1-3-14-15(11,12)13/h6-8H,3-5H2,1-2H3;1-3H2,(H,11,12,13)/q+1;/p-1. The Morgan fingerprint density at radius 1 is 1.20 bits per heavy atom. The van der Waals surface area contributed by atoms with Gasteiger partial charge >= 0.3 is 12.1 Å². The molecular weight excluding hydrogens is 375 g/mol. The van der Waals surface area contributed by atoms with Crippen molar-refractivity contribution >= 4 is 10.4 Å². The quantitative estimate of drug-likeness (QED) is 0.223. The number of halogens is 5. The highest BCUT2D eigenvalue weighted by molar-refractivity contribution is 7.80. The first-order valence-electron chi connectivity index (χ1n) is 7.34. The fraction of sp³-hybridized carbons (Fsp3) is 0.769. The number of unbranched alkanes of at least 4 members (excludes halogenated alkanes) is 1. The van der Waals surface area contributed by atoms with Gasteiger partial charge in [-0.25, -0.2) is 17.6 Å². The Bertz CT molecular complexity index is 602. The van der Waals surface area contributed by atoms with Crippen LogP contribution in [0.3, 0.4) is 0 Å². The van der Waals surface area contributed by atoms with Gasteiger partial charge in [0.1, 0.15) is 12.4 Å². The molecule has 0 aliphatic heterocycles. The van der Waals surface area contributed by atoms with Crippen molar-refractivity contribution < 1.29 is 43.7 Å². The summed E-state index contributed by atoms with van der Waals surface area (Å²) in [5.74, 6) is -4.91. The van der Waals surface area contributed by atoms with E-state index in [4.69, 9.17) is 0 Å². The maximum absolute atomic E-state index is 12.1. The summed E-state index contributed by atoms with van der Waals surface area (Å²) in [6, 6.07) is 0. The molecule has 1 aromatic heterocycles. The minimum Gasteiger partial charge on any atom is -0.726 e. The molecule has 0 bridgehead atoms. The normalized spacial score (nSPS) is 12.6. The summed E-state index contributed by atoms with van der Waals surface area (Å²) in [5, 5.41) is 0. The Morgan fingerprint density at radius 2 is 1.80 bits per heavy atom. The summed E-state index contributed by atoms with van der Waals surface area (Å²) in [7, 11) is -3.01. The molecule has 0 amide bonds. The smallest absolute Gasteiger partial charge is 0.453 e. The van der Waals surface area contributed by atoms with Crippen LogP contribution in [0.2, 0.25) is 0 Å². The van der Waals surface area contributed by atoms with E-state index in [0.717, 1.165) is 6.54 Å². The first kappa shape index (κ1) is 23.7. The van der Waals surface area contributed by atoms with E-state index >= 15 is 0 Å². The lowest BCUT2D eigenvalue weighted by Crippen LogP contribution is -2.36. The molecule has 25 heavy (non-hydrogen) atoms. The zero-order chi connectivity index (χ0) is 19.7. The Hall–Kier alpha value is -1.27. The van der Waals surface area contributed by atoms with Gasteiger partial charge < -0.3 is 4.55 Å². The summed E-state index contributed by atoms with van der Waals surface area (Å²) in [6.07, 6.45) is 0.598. The molecule has 1 rings (SSSR count). The van der Waals surface area contributed by atoms with Gasteiger partial charge in [0.15, 0.2) is 0 Å². The first-order valence-corrected chi connectivity index (χ1v) is 8.67. The van der Waals surface area contributed by atoms with Crippen molar-refractivity contribution in [3.63, 3.8) is 0 Å². The average molecular weight is 396 g/mol. The minimum atomic E-state index is -5.69. The van der Waals surface area contributed by atoms with E-state index in [9.17, 15) is 34.9 Å². The van der Waals surface area contributed by atoms with Gasteiger partial charge in [-0.3, -0.25) is 4.18 Å². The number of hydrogen-bond acceptors (Lipinski definition) is 4. The van der Waals surface area contributed by atoms with Gasteiger partial charge in [-0.1, -0.05) is 13.3 Å². The predicted molar refractivity (Wildman–Crippen MR) is 76.4 cm³/mol. The summed E-state index contributed by atoms with van der Waals surface area (Å²) >= 11 is 0. The zero-order valence-electron chi connectivity index (χ0n) is 13.8. The van der Waals surface area contributed by atoms with E-state index in [1.807, 2.05) is 7.05 Å². The number of rotatable bonds is 8. The van der Waals surface area contributed by atoms with Crippen LogP contribution in [0.15, 0.2) is 18.7 Å². The summed E-state index contributed by atoms with van der Waals surface area (Å²) in [5.41, 5.74) is 0. The molecule has 0 fully saturated rings. The van der Waals surface area contributed by atoms with Crippen LogP contribution >= 0.6 is 0 Å². The zero-order valence-corrected chi connectivity index (χ0v) is 14.6. The maximum atomic E-state index is 12.1. The number of aromatic nitrogens is 2. The van der Waals surface area contributed by atoms with E-state index in [1.165, 1.54) is 12.8 Å². The van der Waals surface area contributed by atoms with Crippen LogP contribution in [0.1, 0.15) is 32.6 Å². The summed E-state index contributed by atoms with van der Waals surface area (Å²) < 4.78 is 95.9. The molecule has 1 heterocycles. The molecule has 0 aliphatic rings. The molecule has 0 saturated carbocycles. The largest absolute Gasteiger partial charge is 0.726 e. The highest BCUT2D eigenvalue weighted by atomic mass is 32.3. The highest BCUT2D eigenvalue weighted by Crippen LogP contribution is 2.38. The minimum absolute atomic E-state index is 0.895. The van der Waals surface area contributed by atoms with Crippen molar-refractivity contribution in [2.24, 2.45) is 7.05 Å². The van der Waals surface area contributed by atoms with Crippen molar-refractivity contribution in [1.29, 1.82) is 0 Å². The van der Waals surface area contributed by atoms with Crippen molar-refractivity contribution in [3.8, 4) is 0 Å². The van der Waals surface area contributed by atoms with E-state index < -0.39 is 41.9 Å². The number of alkyl halides is 5. The Kier molecular flexibility index (Phi) is 9.51. The maximum Gasteiger partial charge on any atom is 0.453 e. The molecule has 0 N–H and O–H groups in total. The average Bonchev–Trinajstić information content (AvgIpc) is 2.85.